The summed E-state index contributed by atoms with van der Waals surface area (Å²) in [5.74, 6) is 0. The van der Waals surface area contributed by atoms with E-state index < -0.39 is 7.82 Å². The monoisotopic (exact) mass is 142 g/mol. The minimum atomic E-state index is -4.64. The van der Waals surface area contributed by atoms with Crippen LogP contribution in [-0.4, -0.2) is 14.7 Å². The summed E-state index contributed by atoms with van der Waals surface area (Å²) in [6, 6.07) is 0. The third kappa shape index (κ3) is 6120. The van der Waals surface area contributed by atoms with Gasteiger partial charge in [-0.1, -0.05) is 7.43 Å². The predicted molar refractivity (Wildman–Crippen MR) is 32.2 cm³/mol. The van der Waals surface area contributed by atoms with E-state index in [4.69, 9.17) is 19.2 Å². The van der Waals surface area contributed by atoms with Gasteiger partial charge in [0.05, 0.1) is 0 Å². The highest BCUT2D eigenvalue weighted by Gasteiger charge is 2.00. The van der Waals surface area contributed by atoms with Crippen molar-refractivity contribution in [3.63, 3.8) is 0 Å². The van der Waals surface area contributed by atoms with Crippen LogP contribution in [0.15, 0.2) is 13.2 Å². The van der Waals surface area contributed by atoms with E-state index in [0.717, 1.165) is 0 Å². The highest BCUT2D eigenvalue weighted by Crippen LogP contribution is 2.25. The lowest BCUT2D eigenvalue weighted by atomic mass is 11.3. The molecule has 0 aliphatic heterocycles. The molecule has 0 atom stereocenters. The van der Waals surface area contributed by atoms with Crippen LogP contribution in [0.3, 0.4) is 0 Å². The molecule has 0 saturated carbocycles. The fourth-order valence-electron chi connectivity index (χ4n) is 0. The lowest BCUT2D eigenvalue weighted by molar-refractivity contribution is 0.275. The average Bonchev–Trinajstić information content (AvgIpc) is 1.36. The van der Waals surface area contributed by atoms with Crippen LogP contribution in [0.4, 0.5) is 0 Å². The van der Waals surface area contributed by atoms with E-state index in [1.165, 1.54) is 0 Å². The van der Waals surface area contributed by atoms with Gasteiger partial charge < -0.3 is 14.7 Å². The first-order valence-corrected chi connectivity index (χ1v) is 2.85. The molecule has 5 heteroatoms. The van der Waals surface area contributed by atoms with E-state index in [-0.39, 0.29) is 7.43 Å². The Labute approximate surface area is 48.7 Å². The van der Waals surface area contributed by atoms with Gasteiger partial charge in [0.1, 0.15) is 0 Å². The van der Waals surface area contributed by atoms with Gasteiger partial charge in [0.15, 0.2) is 0 Å². The first-order valence-electron chi connectivity index (χ1n) is 1.28. The molecule has 0 aliphatic carbocycles. The fraction of sp³-hybridized carbons (Fsp3) is 0.333. The van der Waals surface area contributed by atoms with Crippen LogP contribution in [-0.2, 0) is 4.57 Å². The summed E-state index contributed by atoms with van der Waals surface area (Å²) < 4.78 is 8.88. The van der Waals surface area contributed by atoms with E-state index in [1.54, 1.807) is 0 Å². The van der Waals surface area contributed by atoms with Gasteiger partial charge in [-0.25, -0.2) is 4.57 Å². The van der Waals surface area contributed by atoms with Crippen molar-refractivity contribution in [1.29, 1.82) is 0 Å². The Morgan fingerprint density at radius 2 is 1.12 bits per heavy atom. The molecule has 0 aromatic carbocycles. The molecule has 0 aromatic heterocycles. The molecule has 52 valence electrons. The van der Waals surface area contributed by atoms with E-state index in [0.29, 0.717) is 0 Å². The summed E-state index contributed by atoms with van der Waals surface area (Å²) in [5.41, 5.74) is 0. The summed E-state index contributed by atoms with van der Waals surface area (Å²) in [4.78, 5) is 21.6. The summed E-state index contributed by atoms with van der Waals surface area (Å²) in [7, 11) is -4.64. The van der Waals surface area contributed by atoms with Crippen molar-refractivity contribution in [2.75, 3.05) is 0 Å². The molecule has 0 amide bonds. The molecule has 0 fully saturated rings. The molecular formula is C3H11O4P. The van der Waals surface area contributed by atoms with E-state index in [9.17, 15) is 0 Å². The molecule has 0 unspecified atom stereocenters. The summed E-state index contributed by atoms with van der Waals surface area (Å²) in [6.07, 6.45) is 0. The Morgan fingerprint density at radius 1 is 1.12 bits per heavy atom. The second-order valence-electron chi connectivity index (χ2n) is 0.513. The molecule has 4 nitrogen and oxygen atoms in total. The summed E-state index contributed by atoms with van der Waals surface area (Å²) >= 11 is 0. The van der Waals surface area contributed by atoms with Crippen molar-refractivity contribution in [2.24, 2.45) is 0 Å². The maximum atomic E-state index is 8.88. The van der Waals surface area contributed by atoms with Gasteiger partial charge in [0.2, 0.25) is 0 Å². The van der Waals surface area contributed by atoms with Crippen LogP contribution in [0.1, 0.15) is 7.43 Å². The third-order valence-electron chi connectivity index (χ3n) is 0. The zero-order valence-corrected chi connectivity index (χ0v) is 4.51. The van der Waals surface area contributed by atoms with Crippen LogP contribution in [0.2, 0.25) is 0 Å². The number of rotatable bonds is 0. The van der Waals surface area contributed by atoms with E-state index in [1.807, 2.05) is 0 Å². The predicted octanol–water partition coefficient (Wildman–Crippen LogP) is 0.510. The first-order chi connectivity index (χ1) is 3.00. The third-order valence-corrected chi connectivity index (χ3v) is 0. The topological polar surface area (TPSA) is 77.8 Å². The van der Waals surface area contributed by atoms with Crippen molar-refractivity contribution < 1.29 is 19.2 Å². The maximum Gasteiger partial charge on any atom is 0.466 e. The van der Waals surface area contributed by atoms with Gasteiger partial charge in [-0.2, -0.15) is 0 Å². The van der Waals surface area contributed by atoms with E-state index >= 15 is 0 Å². The van der Waals surface area contributed by atoms with Gasteiger partial charge in [-0.3, -0.25) is 0 Å². The van der Waals surface area contributed by atoms with Crippen molar-refractivity contribution in [1.82, 2.24) is 0 Å². The number of hydrogen-bond donors (Lipinski definition) is 3. The lowest BCUT2D eigenvalue weighted by Crippen LogP contribution is -1.66. The maximum absolute atomic E-state index is 8.88. The smallest absolute Gasteiger partial charge is 0.303 e. The van der Waals surface area contributed by atoms with Crippen LogP contribution in [0.5, 0.6) is 0 Å². The first kappa shape index (κ1) is 15.7. The molecule has 0 radical (unpaired) electrons. The lowest BCUT2D eigenvalue weighted by Gasteiger charge is -1.82. The van der Waals surface area contributed by atoms with Crippen molar-refractivity contribution in [2.45, 2.75) is 7.43 Å². The zero-order valence-electron chi connectivity index (χ0n) is 3.61. The highest BCUT2D eigenvalue weighted by atomic mass is 31.2. The molecule has 0 bridgehead atoms. The normalized spacial score (nSPS) is 7.88. The van der Waals surface area contributed by atoms with Crippen LogP contribution < -0.4 is 0 Å². The minimum Gasteiger partial charge on any atom is -0.303 e. The second-order valence-corrected chi connectivity index (χ2v) is 1.54. The van der Waals surface area contributed by atoms with Crippen LogP contribution in [0.25, 0.3) is 0 Å². The SMILES string of the molecule is C.C=C.O=P(O)(O)O. The van der Waals surface area contributed by atoms with E-state index in [2.05, 4.69) is 13.2 Å². The molecule has 0 rings (SSSR count). The Bertz CT molecular complexity index is 67.1. The van der Waals surface area contributed by atoms with Gasteiger partial charge >= 0.3 is 7.82 Å². The highest BCUT2D eigenvalue weighted by molar-refractivity contribution is 7.45. The van der Waals surface area contributed by atoms with Crippen molar-refractivity contribution in [3.05, 3.63) is 13.2 Å². The Morgan fingerprint density at radius 3 is 1.12 bits per heavy atom. The number of phosphoric acid groups is 1. The summed E-state index contributed by atoms with van der Waals surface area (Å²) in [5, 5.41) is 0. The standard InChI is InChI=1S/C2H4.CH4.H3O4P/c1-2;;1-5(2,3)4/h1-2H2;1H4;(H3,1,2,3,4). The molecule has 0 aromatic rings. The van der Waals surface area contributed by atoms with Crippen molar-refractivity contribution >= 4 is 7.82 Å². The van der Waals surface area contributed by atoms with Crippen LogP contribution in [0, 0.1) is 0 Å². The minimum absolute atomic E-state index is 0. The Kier molecular flexibility index (Phi) is 13.4. The molecule has 0 heterocycles. The molecular weight excluding hydrogens is 131 g/mol. The zero-order chi connectivity index (χ0) is 6.50. The van der Waals surface area contributed by atoms with Gasteiger partial charge in [-0.15, -0.1) is 13.2 Å². The summed E-state index contributed by atoms with van der Waals surface area (Å²) in [6.45, 7) is 6.00. The quantitative estimate of drug-likeness (QED) is 0.340. The van der Waals surface area contributed by atoms with Crippen molar-refractivity contribution in [3.8, 4) is 0 Å². The number of hydrogen-bond acceptors (Lipinski definition) is 1. The molecule has 0 saturated heterocycles. The molecule has 3 N–H and O–H groups in total. The Balaban J connectivity index is -0.0000000750. The van der Waals surface area contributed by atoms with Gasteiger partial charge in [0, 0.05) is 0 Å². The molecule has 8 heavy (non-hydrogen) atoms. The second kappa shape index (κ2) is 6.85. The molecule has 0 aliphatic rings. The van der Waals surface area contributed by atoms with Gasteiger partial charge in [-0.05, 0) is 0 Å². The van der Waals surface area contributed by atoms with Crippen LogP contribution >= 0.6 is 7.82 Å². The molecule has 0 spiro atoms. The average molecular weight is 142 g/mol. The fourth-order valence-corrected chi connectivity index (χ4v) is 0. The van der Waals surface area contributed by atoms with Gasteiger partial charge in [0.25, 0.3) is 0 Å². The Hall–Kier alpha value is -0.150. The largest absolute Gasteiger partial charge is 0.466 e.